The molecule has 0 aromatic heterocycles. The summed E-state index contributed by atoms with van der Waals surface area (Å²) in [5, 5.41) is 27.6. The first-order valence-electron chi connectivity index (χ1n) is 14.0. The first kappa shape index (κ1) is 39.5. The number of hydrogen-bond donors (Lipinski definition) is 11. The number of aliphatic carboxylic acids is 2. The van der Waals surface area contributed by atoms with Crippen LogP contribution in [0.4, 0.5) is 0 Å². The van der Waals surface area contributed by atoms with E-state index in [4.69, 9.17) is 38.9 Å². The number of carbonyl (C=O) groups is 7. The summed E-state index contributed by atoms with van der Waals surface area (Å²) < 4.78 is 0. The Morgan fingerprint density at radius 3 is 1.66 bits per heavy atom. The van der Waals surface area contributed by atoms with E-state index in [0.29, 0.717) is 25.8 Å². The third-order valence-corrected chi connectivity index (χ3v) is 6.22. The van der Waals surface area contributed by atoms with Crippen molar-refractivity contribution >= 4 is 47.4 Å². The van der Waals surface area contributed by atoms with Crippen molar-refractivity contribution in [2.24, 2.45) is 33.7 Å². The zero-order chi connectivity index (χ0) is 33.8. The summed E-state index contributed by atoms with van der Waals surface area (Å²) in [7, 11) is 0. The zero-order valence-electron chi connectivity index (χ0n) is 24.8. The molecule has 5 atom stereocenters. The molecule has 0 aliphatic rings. The molecule has 0 unspecified atom stereocenters. The molecule has 16 N–H and O–H groups in total. The van der Waals surface area contributed by atoms with Gasteiger partial charge in [0.05, 0.1) is 6.04 Å². The molecule has 0 heterocycles. The van der Waals surface area contributed by atoms with Crippen LogP contribution in [0.25, 0.3) is 0 Å². The lowest BCUT2D eigenvalue weighted by molar-refractivity contribution is -0.138. The summed E-state index contributed by atoms with van der Waals surface area (Å²) in [5.74, 6) is -7.00. The van der Waals surface area contributed by atoms with Gasteiger partial charge in [0.1, 0.15) is 24.2 Å². The van der Waals surface area contributed by atoms with Gasteiger partial charge < -0.3 is 60.1 Å². The molecule has 0 aliphatic heterocycles. The highest BCUT2D eigenvalue weighted by Gasteiger charge is 2.31. The number of carbonyl (C=O) groups excluding carboxylic acids is 5. The standard InChI is InChI=1S/C25H46N10O9/c1-13(32-22(42)14(27)5-2-3-11-26)21(41)34-17(8-10-19(38)39)24(44)35-16(6-4-12-31-25(29)30)23(43)33-15(20(28)40)7-9-18(36)37/h13-17H,2-12,26-27H2,1H3,(H2,28,40)(H,32,42)(H,33,43)(H,34,41)(H,35,44)(H,36,37)(H,38,39)(H4,29,30,31)/t13-,14-,15-,16-,17-/m0/s1. The first-order valence-corrected chi connectivity index (χ1v) is 14.0. The van der Waals surface area contributed by atoms with Crippen LogP contribution < -0.4 is 49.9 Å². The van der Waals surface area contributed by atoms with Crippen LogP contribution in [0, 0.1) is 0 Å². The predicted molar refractivity (Wildman–Crippen MR) is 157 cm³/mol. The van der Waals surface area contributed by atoms with Gasteiger partial charge in [0.25, 0.3) is 0 Å². The van der Waals surface area contributed by atoms with Crippen LogP contribution in [-0.2, 0) is 33.6 Å². The van der Waals surface area contributed by atoms with Gasteiger partial charge in [0.2, 0.25) is 29.5 Å². The fraction of sp³-hybridized carbons (Fsp3) is 0.680. The summed E-state index contributed by atoms with van der Waals surface area (Å²) in [4.78, 5) is 89.2. The van der Waals surface area contributed by atoms with Crippen molar-refractivity contribution < 1.29 is 43.8 Å². The summed E-state index contributed by atoms with van der Waals surface area (Å²) in [6.07, 6.45) is -0.0300. The van der Waals surface area contributed by atoms with Crippen molar-refractivity contribution in [3.63, 3.8) is 0 Å². The lowest BCUT2D eigenvalue weighted by atomic mass is 10.1. The molecule has 44 heavy (non-hydrogen) atoms. The van der Waals surface area contributed by atoms with Crippen LogP contribution in [0.2, 0.25) is 0 Å². The largest absolute Gasteiger partial charge is 0.481 e. The number of primary amides is 1. The molecular formula is C25H46N10O9. The second-order valence-corrected chi connectivity index (χ2v) is 10.0. The second kappa shape index (κ2) is 21.2. The van der Waals surface area contributed by atoms with E-state index in [9.17, 15) is 33.6 Å². The summed E-state index contributed by atoms with van der Waals surface area (Å²) in [5.41, 5.74) is 27.2. The molecule has 0 rings (SSSR count). The number of hydrogen-bond acceptors (Lipinski definition) is 10. The molecule has 0 aromatic rings. The average molecular weight is 631 g/mol. The number of carboxylic acid groups (broad SMARTS) is 2. The summed E-state index contributed by atoms with van der Waals surface area (Å²) in [6.45, 7) is 1.83. The third-order valence-electron chi connectivity index (χ3n) is 6.22. The number of aliphatic imine (C=N–C) groups is 1. The number of nitrogens with one attached hydrogen (secondary N) is 4. The van der Waals surface area contributed by atoms with Crippen molar-refractivity contribution in [3.8, 4) is 0 Å². The van der Waals surface area contributed by atoms with Crippen LogP contribution in [0.1, 0.15) is 64.7 Å². The Labute approximate surface area is 254 Å². The molecule has 0 spiro atoms. The van der Waals surface area contributed by atoms with Gasteiger partial charge in [0.15, 0.2) is 5.96 Å². The minimum Gasteiger partial charge on any atom is -0.481 e. The highest BCUT2D eigenvalue weighted by molar-refractivity contribution is 5.95. The normalized spacial score (nSPS) is 14.1. The minimum atomic E-state index is -1.46. The Balaban J connectivity index is 5.74. The van der Waals surface area contributed by atoms with Gasteiger partial charge in [0, 0.05) is 19.4 Å². The van der Waals surface area contributed by atoms with Gasteiger partial charge in [-0.1, -0.05) is 6.42 Å². The highest BCUT2D eigenvalue weighted by atomic mass is 16.4. The lowest BCUT2D eigenvalue weighted by Crippen LogP contribution is -2.58. The van der Waals surface area contributed by atoms with Gasteiger partial charge >= 0.3 is 11.9 Å². The lowest BCUT2D eigenvalue weighted by Gasteiger charge is -2.25. The number of rotatable bonds is 23. The molecule has 19 heteroatoms. The van der Waals surface area contributed by atoms with Crippen LogP contribution >= 0.6 is 0 Å². The van der Waals surface area contributed by atoms with Crippen LogP contribution in [0.3, 0.4) is 0 Å². The molecule has 5 amide bonds. The van der Waals surface area contributed by atoms with Gasteiger partial charge in [-0.25, -0.2) is 0 Å². The minimum absolute atomic E-state index is 0.0605. The fourth-order valence-corrected chi connectivity index (χ4v) is 3.73. The molecule has 19 nitrogen and oxygen atoms in total. The van der Waals surface area contributed by atoms with E-state index in [1.807, 2.05) is 0 Å². The average Bonchev–Trinajstić information content (AvgIpc) is 2.93. The molecule has 0 saturated heterocycles. The monoisotopic (exact) mass is 630 g/mol. The van der Waals surface area contributed by atoms with E-state index in [1.165, 1.54) is 6.92 Å². The Kier molecular flexibility index (Phi) is 19.0. The molecule has 0 bridgehead atoms. The smallest absolute Gasteiger partial charge is 0.303 e. The topological polar surface area (TPSA) is 351 Å². The van der Waals surface area contributed by atoms with Gasteiger partial charge in [-0.3, -0.25) is 38.6 Å². The Bertz CT molecular complexity index is 1040. The van der Waals surface area contributed by atoms with E-state index >= 15 is 0 Å². The van der Waals surface area contributed by atoms with Gasteiger partial charge in [-0.2, -0.15) is 0 Å². The Morgan fingerprint density at radius 2 is 1.16 bits per heavy atom. The molecule has 0 aliphatic carbocycles. The second-order valence-electron chi connectivity index (χ2n) is 10.0. The predicted octanol–water partition coefficient (Wildman–Crippen LogP) is -4.33. The number of nitrogens with zero attached hydrogens (tertiary/aromatic N) is 1. The zero-order valence-corrected chi connectivity index (χ0v) is 24.8. The number of carboxylic acids is 2. The number of guanidine groups is 1. The maximum Gasteiger partial charge on any atom is 0.303 e. The fourth-order valence-electron chi connectivity index (χ4n) is 3.73. The Morgan fingerprint density at radius 1 is 0.659 bits per heavy atom. The molecule has 0 radical (unpaired) electrons. The van der Waals surface area contributed by atoms with E-state index in [-0.39, 0.29) is 38.2 Å². The number of amides is 5. The van der Waals surface area contributed by atoms with E-state index in [0.717, 1.165) is 0 Å². The first-order chi connectivity index (χ1) is 20.6. The van der Waals surface area contributed by atoms with Crippen LogP contribution in [0.5, 0.6) is 0 Å². The third kappa shape index (κ3) is 17.4. The van der Waals surface area contributed by atoms with Crippen molar-refractivity contribution in [1.82, 2.24) is 21.3 Å². The molecule has 250 valence electrons. The maximum atomic E-state index is 13.2. The van der Waals surface area contributed by atoms with Crippen molar-refractivity contribution in [2.45, 2.75) is 94.9 Å². The van der Waals surface area contributed by atoms with E-state index in [2.05, 4.69) is 26.3 Å². The van der Waals surface area contributed by atoms with Crippen molar-refractivity contribution in [2.75, 3.05) is 13.1 Å². The highest BCUT2D eigenvalue weighted by Crippen LogP contribution is 2.06. The van der Waals surface area contributed by atoms with E-state index < -0.39 is 84.5 Å². The van der Waals surface area contributed by atoms with Gasteiger partial charge in [-0.15, -0.1) is 0 Å². The molecule has 0 aromatic carbocycles. The van der Waals surface area contributed by atoms with E-state index in [1.54, 1.807) is 0 Å². The van der Waals surface area contributed by atoms with Crippen LogP contribution in [-0.4, -0.2) is 101 Å². The number of unbranched alkanes of at least 4 members (excludes halogenated alkanes) is 1. The summed E-state index contributed by atoms with van der Waals surface area (Å²) >= 11 is 0. The SMILES string of the molecule is C[C@H](NC(=O)[C@@H](N)CCCCN)C(=O)N[C@@H](CCC(=O)O)C(=O)N[C@@H](CCCN=C(N)N)C(=O)N[C@@H](CCC(=O)O)C(N)=O. The number of nitrogens with two attached hydrogens (primary N) is 5. The quantitative estimate of drug-likeness (QED) is 0.0289. The van der Waals surface area contributed by atoms with Crippen molar-refractivity contribution in [3.05, 3.63) is 0 Å². The Hall–Kier alpha value is -4.52. The molecule has 0 saturated carbocycles. The van der Waals surface area contributed by atoms with Gasteiger partial charge in [-0.05, 0) is 52.0 Å². The maximum absolute atomic E-state index is 13.2. The van der Waals surface area contributed by atoms with Crippen molar-refractivity contribution in [1.29, 1.82) is 0 Å². The van der Waals surface area contributed by atoms with Crippen LogP contribution in [0.15, 0.2) is 4.99 Å². The molecular weight excluding hydrogens is 584 g/mol. The molecule has 0 fully saturated rings. The summed E-state index contributed by atoms with van der Waals surface area (Å²) in [6, 6.07) is -6.24.